The van der Waals surface area contributed by atoms with Gasteiger partial charge in [0.05, 0.1) is 0 Å². The molecular weight excluding hydrogens is 263 g/mol. The number of hydrogen-bond donors (Lipinski definition) is 2. The first kappa shape index (κ1) is 13.7. The maximum absolute atomic E-state index is 14.0. The van der Waals surface area contributed by atoms with E-state index in [0.29, 0.717) is 12.0 Å². The standard InChI is InChI=1S/C18H25FN2/c19-17-7-6-14(11-16(17)13-4-5-13)18(8-2-9-18)21-12-15-3-1-10-20-15/h6-7,11,13,15,20-21H,1-5,8-10,12H2/t15-/m1/s1. The lowest BCUT2D eigenvalue weighted by atomic mass is 9.71. The largest absolute Gasteiger partial charge is 0.313 e. The van der Waals surface area contributed by atoms with Gasteiger partial charge in [0.2, 0.25) is 0 Å². The molecule has 3 aliphatic rings. The minimum Gasteiger partial charge on any atom is -0.313 e. The first-order valence-electron chi connectivity index (χ1n) is 8.55. The Balaban J connectivity index is 1.52. The van der Waals surface area contributed by atoms with Crippen LogP contribution in [0.1, 0.15) is 62.0 Å². The van der Waals surface area contributed by atoms with Gasteiger partial charge in [-0.2, -0.15) is 0 Å². The molecule has 2 saturated carbocycles. The van der Waals surface area contributed by atoms with Crippen LogP contribution in [0.25, 0.3) is 0 Å². The average molecular weight is 288 g/mol. The maximum Gasteiger partial charge on any atom is 0.126 e. The van der Waals surface area contributed by atoms with Crippen molar-refractivity contribution in [2.24, 2.45) is 0 Å². The van der Waals surface area contributed by atoms with Crippen molar-refractivity contribution in [2.45, 2.75) is 62.4 Å². The summed E-state index contributed by atoms with van der Waals surface area (Å²) in [6, 6.07) is 6.47. The zero-order valence-corrected chi connectivity index (χ0v) is 12.6. The van der Waals surface area contributed by atoms with E-state index in [1.54, 1.807) is 6.07 Å². The molecule has 3 fully saturated rings. The molecule has 21 heavy (non-hydrogen) atoms. The van der Waals surface area contributed by atoms with Crippen molar-refractivity contribution in [3.05, 3.63) is 35.1 Å². The lowest BCUT2D eigenvalue weighted by Crippen LogP contribution is -2.51. The molecule has 1 saturated heterocycles. The highest BCUT2D eigenvalue weighted by atomic mass is 19.1. The Labute approximate surface area is 126 Å². The monoisotopic (exact) mass is 288 g/mol. The summed E-state index contributed by atoms with van der Waals surface area (Å²) in [5.41, 5.74) is 2.39. The fourth-order valence-electron chi connectivity index (χ4n) is 3.90. The highest BCUT2D eigenvalue weighted by molar-refractivity contribution is 5.36. The molecule has 0 aromatic heterocycles. The summed E-state index contributed by atoms with van der Waals surface area (Å²) < 4.78 is 14.0. The van der Waals surface area contributed by atoms with E-state index in [9.17, 15) is 4.39 Å². The Morgan fingerprint density at radius 1 is 1.19 bits per heavy atom. The first-order valence-corrected chi connectivity index (χ1v) is 8.55. The molecule has 1 atom stereocenters. The maximum atomic E-state index is 14.0. The molecule has 2 nitrogen and oxygen atoms in total. The molecule has 1 heterocycles. The molecule has 4 rings (SSSR count). The summed E-state index contributed by atoms with van der Waals surface area (Å²) in [5.74, 6) is 0.478. The smallest absolute Gasteiger partial charge is 0.126 e. The summed E-state index contributed by atoms with van der Waals surface area (Å²) in [5, 5.41) is 7.37. The minimum absolute atomic E-state index is 0.00631. The van der Waals surface area contributed by atoms with Crippen LogP contribution in [0.3, 0.4) is 0 Å². The van der Waals surface area contributed by atoms with Gasteiger partial charge >= 0.3 is 0 Å². The highest BCUT2D eigenvalue weighted by Crippen LogP contribution is 2.46. The first-order chi connectivity index (χ1) is 10.3. The molecule has 0 unspecified atom stereocenters. The third-order valence-electron chi connectivity index (χ3n) is 5.62. The van der Waals surface area contributed by atoms with Crippen molar-refractivity contribution in [3.8, 4) is 0 Å². The molecule has 0 bridgehead atoms. The Morgan fingerprint density at radius 2 is 2.05 bits per heavy atom. The van der Waals surface area contributed by atoms with Crippen molar-refractivity contribution >= 4 is 0 Å². The molecule has 1 aromatic rings. The molecule has 0 spiro atoms. The molecule has 1 aliphatic heterocycles. The van der Waals surface area contributed by atoms with E-state index in [1.807, 2.05) is 6.07 Å². The van der Waals surface area contributed by atoms with E-state index in [4.69, 9.17) is 0 Å². The Hall–Kier alpha value is -0.930. The van der Waals surface area contributed by atoms with Crippen LogP contribution in [-0.4, -0.2) is 19.1 Å². The van der Waals surface area contributed by atoms with E-state index in [2.05, 4.69) is 16.7 Å². The second-order valence-corrected chi connectivity index (χ2v) is 7.12. The number of halogens is 1. The number of benzene rings is 1. The average Bonchev–Trinajstić information content (AvgIpc) is 3.15. The van der Waals surface area contributed by atoms with Gasteiger partial charge < -0.3 is 10.6 Å². The molecule has 2 N–H and O–H groups in total. The van der Waals surface area contributed by atoms with Crippen LogP contribution in [0.5, 0.6) is 0 Å². The van der Waals surface area contributed by atoms with E-state index in [1.165, 1.54) is 37.7 Å². The summed E-state index contributed by atoms with van der Waals surface area (Å²) in [6.07, 6.45) is 8.55. The van der Waals surface area contributed by atoms with Gasteiger partial charge in [0, 0.05) is 18.1 Å². The van der Waals surface area contributed by atoms with Gasteiger partial charge in [-0.1, -0.05) is 12.1 Å². The predicted octanol–water partition coefficient (Wildman–Crippen LogP) is 3.42. The van der Waals surface area contributed by atoms with Crippen molar-refractivity contribution in [2.75, 3.05) is 13.1 Å². The normalized spacial score (nSPS) is 27.6. The van der Waals surface area contributed by atoms with Crippen LogP contribution < -0.4 is 10.6 Å². The van der Waals surface area contributed by atoms with Crippen LogP contribution in [0, 0.1) is 5.82 Å². The third-order valence-corrected chi connectivity index (χ3v) is 5.62. The summed E-state index contributed by atoms with van der Waals surface area (Å²) in [6.45, 7) is 2.19. The van der Waals surface area contributed by atoms with Crippen LogP contribution >= 0.6 is 0 Å². The van der Waals surface area contributed by atoms with Crippen molar-refractivity contribution < 1.29 is 4.39 Å². The molecule has 114 valence electrons. The highest BCUT2D eigenvalue weighted by Gasteiger charge is 2.39. The van der Waals surface area contributed by atoms with E-state index in [-0.39, 0.29) is 11.4 Å². The zero-order chi connectivity index (χ0) is 14.3. The minimum atomic E-state index is -0.00631. The van der Waals surface area contributed by atoms with Crippen LogP contribution in [0.4, 0.5) is 4.39 Å². The second kappa shape index (κ2) is 5.36. The van der Waals surface area contributed by atoms with Crippen molar-refractivity contribution in [1.82, 2.24) is 10.6 Å². The van der Waals surface area contributed by atoms with Crippen LogP contribution in [0.2, 0.25) is 0 Å². The fourth-order valence-corrected chi connectivity index (χ4v) is 3.90. The predicted molar refractivity (Wildman–Crippen MR) is 82.9 cm³/mol. The molecule has 1 aromatic carbocycles. The van der Waals surface area contributed by atoms with E-state index in [0.717, 1.165) is 31.5 Å². The van der Waals surface area contributed by atoms with Crippen LogP contribution in [-0.2, 0) is 5.54 Å². The number of nitrogens with one attached hydrogen (secondary N) is 2. The number of hydrogen-bond acceptors (Lipinski definition) is 2. The van der Waals surface area contributed by atoms with E-state index < -0.39 is 0 Å². The van der Waals surface area contributed by atoms with Gasteiger partial charge in [-0.25, -0.2) is 4.39 Å². The summed E-state index contributed by atoms with van der Waals surface area (Å²) >= 11 is 0. The number of rotatable bonds is 5. The Kier molecular flexibility index (Phi) is 3.50. The Bertz CT molecular complexity index is 514. The topological polar surface area (TPSA) is 24.1 Å². The summed E-state index contributed by atoms with van der Waals surface area (Å²) in [4.78, 5) is 0. The molecule has 0 amide bonds. The van der Waals surface area contributed by atoms with Gasteiger partial charge in [-0.15, -0.1) is 0 Å². The molecule has 2 aliphatic carbocycles. The molecular formula is C18H25FN2. The van der Waals surface area contributed by atoms with Gasteiger partial charge in [0.15, 0.2) is 0 Å². The van der Waals surface area contributed by atoms with Gasteiger partial charge in [0.25, 0.3) is 0 Å². The fraction of sp³-hybridized carbons (Fsp3) is 0.667. The van der Waals surface area contributed by atoms with Gasteiger partial charge in [-0.05, 0) is 74.6 Å². The lowest BCUT2D eigenvalue weighted by Gasteiger charge is -2.44. The second-order valence-electron chi connectivity index (χ2n) is 7.12. The third kappa shape index (κ3) is 2.62. The zero-order valence-electron chi connectivity index (χ0n) is 12.6. The SMILES string of the molecule is Fc1ccc(C2(NC[C@H]3CCCN3)CCC2)cc1C1CC1. The van der Waals surface area contributed by atoms with Gasteiger partial charge in [0.1, 0.15) is 5.82 Å². The van der Waals surface area contributed by atoms with Gasteiger partial charge in [-0.3, -0.25) is 0 Å². The lowest BCUT2D eigenvalue weighted by molar-refractivity contribution is 0.180. The van der Waals surface area contributed by atoms with Crippen molar-refractivity contribution in [3.63, 3.8) is 0 Å². The van der Waals surface area contributed by atoms with Crippen LogP contribution in [0.15, 0.2) is 18.2 Å². The quantitative estimate of drug-likeness (QED) is 0.867. The molecule has 3 heteroatoms. The molecule has 0 radical (unpaired) electrons. The van der Waals surface area contributed by atoms with Crippen molar-refractivity contribution in [1.29, 1.82) is 0 Å². The summed E-state index contributed by atoms with van der Waals surface area (Å²) in [7, 11) is 0. The van der Waals surface area contributed by atoms with E-state index >= 15 is 0 Å². The Morgan fingerprint density at radius 3 is 2.67 bits per heavy atom.